The topological polar surface area (TPSA) is 88.8 Å². The zero-order valence-electron chi connectivity index (χ0n) is 14.4. The van der Waals surface area contributed by atoms with E-state index in [-0.39, 0.29) is 5.91 Å². The van der Waals surface area contributed by atoms with Crippen LogP contribution >= 0.6 is 11.3 Å². The Morgan fingerprint density at radius 3 is 2.88 bits per heavy atom. The van der Waals surface area contributed by atoms with Crippen LogP contribution in [0, 0.1) is 6.92 Å². The van der Waals surface area contributed by atoms with Gasteiger partial charge < -0.3 is 10.2 Å². The molecule has 0 saturated carbocycles. The first-order valence-electron chi connectivity index (χ1n) is 8.42. The standard InChI is InChI=1S/C17H19N7OS/c1-12-21-14(11-26-12)8-16(25)23-5-6-24-15(10-23)7-13(22-24)9-20-17-18-3-2-4-19-17/h2-4,7,11H,5-6,8-10H2,1H3,(H,18,19,20). The summed E-state index contributed by atoms with van der Waals surface area (Å²) >= 11 is 1.58. The van der Waals surface area contributed by atoms with Crippen molar-refractivity contribution in [3.05, 3.63) is 52.0 Å². The highest BCUT2D eigenvalue weighted by molar-refractivity contribution is 7.09. The van der Waals surface area contributed by atoms with Crippen LogP contribution in [0.3, 0.4) is 0 Å². The summed E-state index contributed by atoms with van der Waals surface area (Å²) < 4.78 is 1.97. The van der Waals surface area contributed by atoms with Crippen LogP contribution in [0.1, 0.15) is 22.1 Å². The van der Waals surface area contributed by atoms with Gasteiger partial charge in [-0.25, -0.2) is 15.0 Å². The average molecular weight is 369 g/mol. The molecule has 8 nitrogen and oxygen atoms in total. The molecule has 1 N–H and O–H groups in total. The number of carbonyl (C=O) groups excluding carboxylic acids is 1. The van der Waals surface area contributed by atoms with E-state index in [1.54, 1.807) is 29.8 Å². The van der Waals surface area contributed by atoms with Gasteiger partial charge in [-0.15, -0.1) is 11.3 Å². The van der Waals surface area contributed by atoms with Gasteiger partial charge in [0.25, 0.3) is 0 Å². The molecule has 0 bridgehead atoms. The molecule has 1 amide bonds. The predicted molar refractivity (Wildman–Crippen MR) is 97.6 cm³/mol. The molecule has 4 rings (SSSR count). The molecule has 0 fully saturated rings. The number of nitrogens with zero attached hydrogens (tertiary/aromatic N) is 6. The molecule has 134 valence electrons. The largest absolute Gasteiger partial charge is 0.348 e. The number of amides is 1. The molecule has 3 aromatic heterocycles. The minimum atomic E-state index is 0.111. The Bertz CT molecular complexity index is 905. The lowest BCUT2D eigenvalue weighted by molar-refractivity contribution is -0.132. The lowest BCUT2D eigenvalue weighted by Crippen LogP contribution is -2.39. The molecule has 3 aromatic rings. The van der Waals surface area contributed by atoms with Crippen molar-refractivity contribution < 1.29 is 4.79 Å². The second kappa shape index (κ2) is 7.20. The molecule has 0 saturated heterocycles. The van der Waals surface area contributed by atoms with Crippen molar-refractivity contribution in [3.8, 4) is 0 Å². The van der Waals surface area contributed by atoms with Crippen molar-refractivity contribution in [2.45, 2.75) is 33.0 Å². The first-order valence-corrected chi connectivity index (χ1v) is 9.30. The summed E-state index contributed by atoms with van der Waals surface area (Å²) in [5.74, 6) is 0.689. The van der Waals surface area contributed by atoms with Gasteiger partial charge in [-0.05, 0) is 19.1 Å². The van der Waals surface area contributed by atoms with Crippen LogP contribution in [0.25, 0.3) is 0 Å². The first-order chi connectivity index (χ1) is 12.7. The molecule has 9 heteroatoms. The van der Waals surface area contributed by atoms with Crippen LogP contribution in [0.2, 0.25) is 0 Å². The van der Waals surface area contributed by atoms with Crippen LogP contribution in [0.4, 0.5) is 5.95 Å². The zero-order valence-corrected chi connectivity index (χ0v) is 15.2. The SMILES string of the molecule is Cc1nc(CC(=O)N2CCn3nc(CNc4ncccn4)cc3C2)cs1. The number of nitrogens with one attached hydrogen (secondary N) is 1. The van der Waals surface area contributed by atoms with Gasteiger partial charge >= 0.3 is 0 Å². The summed E-state index contributed by atoms with van der Waals surface area (Å²) in [6.45, 7) is 4.46. The molecule has 1 aliphatic rings. The smallest absolute Gasteiger partial charge is 0.229 e. The second-order valence-electron chi connectivity index (χ2n) is 6.13. The number of carbonyl (C=O) groups is 1. The summed E-state index contributed by atoms with van der Waals surface area (Å²) in [5, 5.41) is 10.7. The van der Waals surface area contributed by atoms with E-state index in [1.807, 2.05) is 28.0 Å². The Labute approximate surface area is 154 Å². The maximum atomic E-state index is 12.5. The molecule has 0 aromatic carbocycles. The van der Waals surface area contributed by atoms with Crippen LogP contribution in [-0.4, -0.2) is 42.1 Å². The van der Waals surface area contributed by atoms with Crippen molar-refractivity contribution in [3.63, 3.8) is 0 Å². The van der Waals surface area contributed by atoms with Crippen molar-refractivity contribution >= 4 is 23.2 Å². The molecule has 26 heavy (non-hydrogen) atoms. The minimum absolute atomic E-state index is 0.111. The van der Waals surface area contributed by atoms with Crippen molar-refractivity contribution in [2.24, 2.45) is 0 Å². The lowest BCUT2D eigenvalue weighted by Gasteiger charge is -2.27. The van der Waals surface area contributed by atoms with E-state index < -0.39 is 0 Å². The third-order valence-electron chi connectivity index (χ3n) is 4.19. The van der Waals surface area contributed by atoms with Crippen LogP contribution in [0.5, 0.6) is 0 Å². The Balaban J connectivity index is 1.37. The van der Waals surface area contributed by atoms with Gasteiger partial charge in [-0.3, -0.25) is 9.48 Å². The highest BCUT2D eigenvalue weighted by Crippen LogP contribution is 2.16. The molecule has 0 aliphatic carbocycles. The number of hydrogen-bond donors (Lipinski definition) is 1. The minimum Gasteiger partial charge on any atom is -0.348 e. The number of hydrogen-bond acceptors (Lipinski definition) is 7. The fourth-order valence-corrected chi connectivity index (χ4v) is 3.55. The van der Waals surface area contributed by atoms with E-state index in [2.05, 4.69) is 25.4 Å². The Kier molecular flexibility index (Phi) is 4.61. The number of anilines is 1. The molecular weight excluding hydrogens is 350 g/mol. The third kappa shape index (κ3) is 3.72. The van der Waals surface area contributed by atoms with Gasteiger partial charge in [0.05, 0.1) is 48.1 Å². The monoisotopic (exact) mass is 369 g/mol. The molecule has 1 aliphatic heterocycles. The molecule has 0 unspecified atom stereocenters. The summed E-state index contributed by atoms with van der Waals surface area (Å²) in [7, 11) is 0. The fourth-order valence-electron chi connectivity index (χ4n) is 2.94. The van der Waals surface area contributed by atoms with Gasteiger partial charge in [-0.2, -0.15) is 5.10 Å². The highest BCUT2D eigenvalue weighted by Gasteiger charge is 2.23. The Hall–Kier alpha value is -2.81. The molecule has 0 spiro atoms. The van der Waals surface area contributed by atoms with Crippen LogP contribution in [0.15, 0.2) is 29.9 Å². The Morgan fingerprint density at radius 2 is 2.12 bits per heavy atom. The third-order valence-corrected chi connectivity index (χ3v) is 5.02. The second-order valence-corrected chi connectivity index (χ2v) is 7.19. The van der Waals surface area contributed by atoms with E-state index in [9.17, 15) is 4.79 Å². The van der Waals surface area contributed by atoms with Gasteiger partial charge in [0, 0.05) is 24.3 Å². The maximum Gasteiger partial charge on any atom is 0.229 e. The normalized spacial score (nSPS) is 13.5. The Morgan fingerprint density at radius 1 is 1.27 bits per heavy atom. The molecule has 0 atom stereocenters. The summed E-state index contributed by atoms with van der Waals surface area (Å²) in [6, 6.07) is 3.81. The molecular formula is C17H19N7OS. The van der Waals surface area contributed by atoms with Gasteiger partial charge in [0.15, 0.2) is 0 Å². The van der Waals surface area contributed by atoms with Crippen molar-refractivity contribution in [2.75, 3.05) is 11.9 Å². The number of thiazole rings is 1. The van der Waals surface area contributed by atoms with Crippen LogP contribution < -0.4 is 5.32 Å². The maximum absolute atomic E-state index is 12.5. The van der Waals surface area contributed by atoms with Crippen molar-refractivity contribution in [1.29, 1.82) is 0 Å². The van der Waals surface area contributed by atoms with E-state index in [4.69, 9.17) is 0 Å². The summed E-state index contributed by atoms with van der Waals surface area (Å²) in [4.78, 5) is 27.1. The molecule has 0 radical (unpaired) electrons. The van der Waals surface area contributed by atoms with E-state index >= 15 is 0 Å². The first kappa shape index (κ1) is 16.6. The predicted octanol–water partition coefficient (Wildman–Crippen LogP) is 1.64. The zero-order chi connectivity index (χ0) is 17.9. The summed E-state index contributed by atoms with van der Waals surface area (Å²) in [5.41, 5.74) is 2.81. The van der Waals surface area contributed by atoms with Gasteiger partial charge in [0.1, 0.15) is 0 Å². The van der Waals surface area contributed by atoms with Gasteiger partial charge in [-0.1, -0.05) is 0 Å². The number of aryl methyl sites for hydroxylation is 1. The number of aromatic nitrogens is 5. The van der Waals surface area contributed by atoms with E-state index in [0.717, 1.165) is 22.1 Å². The van der Waals surface area contributed by atoms with E-state index in [0.29, 0.717) is 38.5 Å². The fraction of sp³-hybridized carbons (Fsp3) is 0.353. The van der Waals surface area contributed by atoms with E-state index in [1.165, 1.54) is 0 Å². The number of rotatable bonds is 5. The summed E-state index contributed by atoms with van der Waals surface area (Å²) in [6.07, 6.45) is 3.75. The highest BCUT2D eigenvalue weighted by atomic mass is 32.1. The van der Waals surface area contributed by atoms with Gasteiger partial charge in [0.2, 0.25) is 11.9 Å². The molecule has 4 heterocycles. The average Bonchev–Trinajstić information content (AvgIpc) is 3.25. The van der Waals surface area contributed by atoms with Crippen molar-refractivity contribution in [1.82, 2.24) is 29.6 Å². The lowest BCUT2D eigenvalue weighted by atomic mass is 10.2. The quantitative estimate of drug-likeness (QED) is 0.735. The van der Waals surface area contributed by atoms with Crippen LogP contribution in [-0.2, 0) is 30.8 Å². The number of fused-ring (bicyclic) bond motifs is 1.